The van der Waals surface area contributed by atoms with Crippen molar-refractivity contribution in [2.24, 2.45) is 0 Å². The Morgan fingerprint density at radius 2 is 1.40 bits per heavy atom. The van der Waals surface area contributed by atoms with E-state index in [2.05, 4.69) is 10.0 Å². The lowest BCUT2D eigenvalue weighted by atomic mass is 9.98. The Balaban J connectivity index is 1.37. The molecule has 5 aromatic carbocycles. The summed E-state index contributed by atoms with van der Waals surface area (Å²) in [5, 5.41) is 3.79. The van der Waals surface area contributed by atoms with Crippen LogP contribution in [0, 0.1) is 0 Å². The minimum atomic E-state index is -4.06. The lowest BCUT2D eigenvalue weighted by molar-refractivity contribution is 0.0937. The Bertz CT molecular complexity index is 1780. The van der Waals surface area contributed by atoms with E-state index < -0.39 is 15.9 Å². The highest BCUT2D eigenvalue weighted by molar-refractivity contribution is 7.92. The Morgan fingerprint density at radius 1 is 0.762 bits per heavy atom. The van der Waals surface area contributed by atoms with Gasteiger partial charge in [-0.25, -0.2) is 8.42 Å². The van der Waals surface area contributed by atoms with Crippen molar-refractivity contribution >= 4 is 44.8 Å². The van der Waals surface area contributed by atoms with Crippen molar-refractivity contribution in [1.29, 1.82) is 0 Å². The van der Waals surface area contributed by atoms with E-state index >= 15 is 0 Å². The van der Waals surface area contributed by atoms with Gasteiger partial charge in [-0.2, -0.15) is 0 Å². The third-order valence-electron chi connectivity index (χ3n) is 6.46. The van der Waals surface area contributed by atoms with Crippen molar-refractivity contribution < 1.29 is 17.9 Å². The van der Waals surface area contributed by atoms with Gasteiger partial charge in [0.1, 0.15) is 11.5 Å². The number of amides is 1. The average Bonchev–Trinajstić information content (AvgIpc) is 3.00. The second-order valence-electron chi connectivity index (χ2n) is 9.43. The van der Waals surface area contributed by atoms with Gasteiger partial charge in [0.05, 0.1) is 27.2 Å². The van der Waals surface area contributed by atoms with Crippen LogP contribution in [0.15, 0.2) is 132 Å². The summed E-state index contributed by atoms with van der Waals surface area (Å²) in [6.45, 7) is 0. The highest BCUT2D eigenvalue weighted by atomic mass is 35.5. The van der Waals surface area contributed by atoms with Crippen LogP contribution >= 0.6 is 23.2 Å². The van der Waals surface area contributed by atoms with E-state index in [9.17, 15) is 13.2 Å². The summed E-state index contributed by atoms with van der Waals surface area (Å²) >= 11 is 12.4. The topological polar surface area (TPSA) is 84.5 Å². The Morgan fingerprint density at radius 3 is 2.10 bits per heavy atom. The zero-order chi connectivity index (χ0) is 29.5. The molecule has 0 aliphatic rings. The van der Waals surface area contributed by atoms with Gasteiger partial charge in [-0.3, -0.25) is 9.52 Å². The fourth-order valence-corrected chi connectivity index (χ4v) is 5.79. The molecule has 1 atom stereocenters. The molecule has 1 amide bonds. The van der Waals surface area contributed by atoms with Crippen LogP contribution in [0.5, 0.6) is 11.5 Å². The maximum Gasteiger partial charge on any atom is 0.261 e. The summed E-state index contributed by atoms with van der Waals surface area (Å²) in [5.74, 6) is 0.397. The maximum absolute atomic E-state index is 13.6. The Hall–Kier alpha value is -4.30. The van der Waals surface area contributed by atoms with Crippen LogP contribution in [-0.4, -0.2) is 14.3 Å². The van der Waals surface area contributed by atoms with Crippen LogP contribution in [0.4, 0.5) is 5.69 Å². The minimum absolute atomic E-state index is 0.0124. The molecule has 0 fully saturated rings. The van der Waals surface area contributed by atoms with E-state index in [0.717, 1.165) is 11.1 Å². The molecular formula is C33H26Cl2N2O4S. The number of benzene rings is 5. The number of rotatable bonds is 10. The van der Waals surface area contributed by atoms with Crippen LogP contribution in [0.3, 0.4) is 0 Å². The van der Waals surface area contributed by atoms with E-state index in [1.807, 2.05) is 60.7 Å². The van der Waals surface area contributed by atoms with E-state index in [4.69, 9.17) is 27.9 Å². The molecule has 0 unspecified atom stereocenters. The summed E-state index contributed by atoms with van der Waals surface area (Å²) in [6, 6.07) is 36.3. The molecule has 0 aromatic heterocycles. The normalized spacial score (nSPS) is 11.9. The quantitative estimate of drug-likeness (QED) is 0.165. The van der Waals surface area contributed by atoms with Crippen LogP contribution in [-0.2, 0) is 16.4 Å². The molecule has 0 heterocycles. The third-order valence-corrected chi connectivity index (χ3v) is 8.39. The van der Waals surface area contributed by atoms with Crippen molar-refractivity contribution in [2.45, 2.75) is 17.4 Å². The molecule has 0 spiro atoms. The fourth-order valence-electron chi connectivity index (χ4n) is 4.36. The number of ether oxygens (including phenoxy) is 1. The summed E-state index contributed by atoms with van der Waals surface area (Å²) in [6.07, 6.45) is 0.542. The SMILES string of the molecule is O=C(N[C@@H](Cc1ccccc1)c1ccccc1)c1cc(Cl)ccc1NS(=O)(=O)c1ccc(Oc2ccccc2Cl)cc1. The van der Waals surface area contributed by atoms with Gasteiger partial charge in [-0.15, -0.1) is 0 Å². The zero-order valence-electron chi connectivity index (χ0n) is 22.2. The molecule has 212 valence electrons. The smallest absolute Gasteiger partial charge is 0.261 e. The first-order chi connectivity index (χ1) is 20.3. The number of anilines is 1. The number of carbonyl (C=O) groups is 1. The fraction of sp³-hybridized carbons (Fsp3) is 0.0606. The predicted octanol–water partition coefficient (Wildman–Crippen LogP) is 8.30. The van der Waals surface area contributed by atoms with Gasteiger partial charge in [0.25, 0.3) is 15.9 Å². The van der Waals surface area contributed by atoms with Crippen LogP contribution < -0.4 is 14.8 Å². The standard InChI is InChI=1S/C33H26Cl2N2O4S/c34-25-15-20-30(37-42(39,40)27-18-16-26(17-19-27)41-32-14-8-7-13-29(32)35)28(22-25)33(38)36-31(24-11-5-2-6-12-24)21-23-9-3-1-4-10-23/h1-20,22,31,37H,21H2,(H,36,38)/t31-/m0/s1. The molecule has 6 nitrogen and oxygen atoms in total. The van der Waals surface area contributed by atoms with Crippen LogP contribution in [0.25, 0.3) is 0 Å². The minimum Gasteiger partial charge on any atom is -0.456 e. The number of hydrogen-bond acceptors (Lipinski definition) is 4. The molecule has 0 saturated heterocycles. The van der Waals surface area contributed by atoms with Crippen LogP contribution in [0.2, 0.25) is 10.0 Å². The average molecular weight is 618 g/mol. The van der Waals surface area contributed by atoms with E-state index in [1.54, 1.807) is 24.3 Å². The highest BCUT2D eigenvalue weighted by Crippen LogP contribution is 2.30. The molecule has 42 heavy (non-hydrogen) atoms. The van der Waals surface area contributed by atoms with Gasteiger partial charge in [-0.1, -0.05) is 96.0 Å². The monoisotopic (exact) mass is 616 g/mol. The van der Waals surface area contributed by atoms with E-state index in [1.165, 1.54) is 42.5 Å². The van der Waals surface area contributed by atoms with Crippen molar-refractivity contribution in [3.63, 3.8) is 0 Å². The molecule has 5 rings (SSSR count). The predicted molar refractivity (Wildman–Crippen MR) is 167 cm³/mol. The summed E-state index contributed by atoms with van der Waals surface area (Å²) < 4.78 is 35.0. The number of halogens is 2. The molecule has 9 heteroatoms. The zero-order valence-corrected chi connectivity index (χ0v) is 24.5. The van der Waals surface area contributed by atoms with Crippen molar-refractivity contribution in [3.8, 4) is 11.5 Å². The molecule has 0 radical (unpaired) electrons. The van der Waals surface area contributed by atoms with Gasteiger partial charge >= 0.3 is 0 Å². The molecule has 0 saturated carbocycles. The second-order valence-corrected chi connectivity index (χ2v) is 12.0. The summed E-state index contributed by atoms with van der Waals surface area (Å²) in [4.78, 5) is 13.6. The molecule has 5 aromatic rings. The van der Waals surface area contributed by atoms with Crippen molar-refractivity contribution in [2.75, 3.05) is 4.72 Å². The third kappa shape index (κ3) is 7.31. The van der Waals surface area contributed by atoms with Crippen molar-refractivity contribution in [1.82, 2.24) is 5.32 Å². The van der Waals surface area contributed by atoms with Gasteiger partial charge in [0.15, 0.2) is 0 Å². The molecular weight excluding hydrogens is 591 g/mol. The lowest BCUT2D eigenvalue weighted by Gasteiger charge is -2.21. The summed E-state index contributed by atoms with van der Waals surface area (Å²) in [7, 11) is -4.06. The summed E-state index contributed by atoms with van der Waals surface area (Å²) in [5.41, 5.74) is 2.15. The van der Waals surface area contributed by atoms with Gasteiger partial charge in [0, 0.05) is 5.02 Å². The van der Waals surface area contributed by atoms with E-state index in [0.29, 0.717) is 28.0 Å². The Labute approximate surface area is 254 Å². The second kappa shape index (κ2) is 13.1. The molecule has 0 aliphatic carbocycles. The lowest BCUT2D eigenvalue weighted by Crippen LogP contribution is -2.31. The first kappa shape index (κ1) is 29.2. The number of hydrogen-bond donors (Lipinski definition) is 2. The van der Waals surface area contributed by atoms with E-state index in [-0.39, 0.29) is 22.2 Å². The largest absolute Gasteiger partial charge is 0.456 e. The number of carbonyl (C=O) groups excluding carboxylic acids is 1. The number of sulfonamides is 1. The molecule has 0 bridgehead atoms. The highest BCUT2D eigenvalue weighted by Gasteiger charge is 2.22. The number of nitrogens with one attached hydrogen (secondary N) is 2. The van der Waals surface area contributed by atoms with Crippen molar-refractivity contribution in [3.05, 3.63) is 154 Å². The van der Waals surface area contributed by atoms with Gasteiger partial charge in [-0.05, 0) is 72.1 Å². The molecule has 2 N–H and O–H groups in total. The molecule has 0 aliphatic heterocycles. The van der Waals surface area contributed by atoms with Gasteiger partial charge in [0.2, 0.25) is 0 Å². The first-order valence-electron chi connectivity index (χ1n) is 13.0. The van der Waals surface area contributed by atoms with Crippen LogP contribution in [0.1, 0.15) is 27.5 Å². The first-order valence-corrected chi connectivity index (χ1v) is 15.3. The maximum atomic E-state index is 13.6. The van der Waals surface area contributed by atoms with Gasteiger partial charge < -0.3 is 10.1 Å². The Kier molecular flexibility index (Phi) is 9.12. The number of para-hydroxylation sites is 1.